The lowest BCUT2D eigenvalue weighted by Gasteiger charge is -2.10. The molecule has 4 rings (SSSR count). The highest BCUT2D eigenvalue weighted by molar-refractivity contribution is 7.99. The molecule has 0 aliphatic rings. The number of nitrogens with zero attached hydrogens (tertiary/aromatic N) is 3. The maximum atomic E-state index is 12.8. The second-order valence-corrected chi connectivity index (χ2v) is 7.28. The van der Waals surface area contributed by atoms with Gasteiger partial charge in [-0.25, -0.2) is 9.97 Å². The molecule has 0 atom stereocenters. The molecule has 8 heteroatoms. The van der Waals surface area contributed by atoms with Crippen LogP contribution in [0.25, 0.3) is 17.0 Å². The summed E-state index contributed by atoms with van der Waals surface area (Å²) >= 11 is 0.354. The highest BCUT2D eigenvalue weighted by atomic mass is 32.2. The lowest BCUT2D eigenvalue weighted by atomic mass is 10.1. The topological polar surface area (TPSA) is 59.3 Å². The van der Waals surface area contributed by atoms with Crippen LogP contribution in [-0.2, 0) is 0 Å². The van der Waals surface area contributed by atoms with Gasteiger partial charge in [-0.15, -0.1) is 0 Å². The van der Waals surface area contributed by atoms with Crippen molar-refractivity contribution in [2.75, 3.05) is 5.32 Å². The van der Waals surface area contributed by atoms with E-state index in [0.717, 1.165) is 17.0 Å². The number of nitrogens with one attached hydrogen (secondary N) is 1. The molecule has 1 N–H and O–H groups in total. The summed E-state index contributed by atoms with van der Waals surface area (Å²) in [5, 5.41) is 2.79. The molecule has 0 bridgehead atoms. The number of anilines is 1. The second kappa shape index (κ2) is 8.00. The number of benzene rings is 2. The van der Waals surface area contributed by atoms with Crippen LogP contribution in [0.15, 0.2) is 71.9 Å². The number of carbonyl (C=O) groups excluding carboxylic acids is 1. The van der Waals surface area contributed by atoms with Crippen LogP contribution in [-0.4, -0.2) is 26.0 Å². The molecule has 5 nitrogen and oxygen atoms in total. The van der Waals surface area contributed by atoms with Crippen molar-refractivity contribution in [3.8, 4) is 11.3 Å². The van der Waals surface area contributed by atoms with Crippen LogP contribution in [0.2, 0.25) is 0 Å². The van der Waals surface area contributed by atoms with Gasteiger partial charge in [0.05, 0.1) is 11.3 Å². The van der Waals surface area contributed by atoms with Gasteiger partial charge in [-0.2, -0.15) is 8.78 Å². The highest BCUT2D eigenvalue weighted by Crippen LogP contribution is 2.30. The first kappa shape index (κ1) is 19.1. The van der Waals surface area contributed by atoms with Crippen LogP contribution in [0, 0.1) is 6.92 Å². The van der Waals surface area contributed by atoms with Crippen LogP contribution in [0.4, 0.5) is 14.5 Å². The van der Waals surface area contributed by atoms with Crippen molar-refractivity contribution < 1.29 is 13.6 Å². The minimum Gasteiger partial charge on any atom is -0.322 e. The van der Waals surface area contributed by atoms with Crippen LogP contribution in [0.3, 0.4) is 0 Å². The lowest BCUT2D eigenvalue weighted by Crippen LogP contribution is -2.13. The van der Waals surface area contributed by atoms with E-state index in [1.54, 1.807) is 30.5 Å². The number of aromatic nitrogens is 3. The number of alkyl halides is 2. The van der Waals surface area contributed by atoms with Gasteiger partial charge in [-0.1, -0.05) is 36.0 Å². The zero-order valence-electron chi connectivity index (χ0n) is 15.3. The Morgan fingerprint density at radius 1 is 1.14 bits per heavy atom. The largest absolute Gasteiger partial charge is 0.322 e. The first-order chi connectivity index (χ1) is 14.0. The van der Waals surface area contributed by atoms with Crippen molar-refractivity contribution in [3.05, 3.63) is 78.2 Å². The standard InChI is InChI=1S/C21H16F2N4OS/c1-13-18(26-21-24-10-5-11-27(13)21)14-6-4-7-15(12-14)25-19(28)16-8-2-3-9-17(16)29-20(22)23/h2-12,20H,1H3,(H,25,28). The molecule has 0 aliphatic carbocycles. The van der Waals surface area contributed by atoms with Gasteiger partial charge >= 0.3 is 0 Å². The van der Waals surface area contributed by atoms with Crippen LogP contribution in [0.5, 0.6) is 0 Å². The summed E-state index contributed by atoms with van der Waals surface area (Å²) < 4.78 is 27.4. The van der Waals surface area contributed by atoms with Crippen molar-refractivity contribution in [2.45, 2.75) is 17.6 Å². The van der Waals surface area contributed by atoms with Crippen LogP contribution >= 0.6 is 11.8 Å². The molecular formula is C21H16F2N4OS. The van der Waals surface area contributed by atoms with E-state index in [-0.39, 0.29) is 10.5 Å². The molecule has 0 radical (unpaired) electrons. The summed E-state index contributed by atoms with van der Waals surface area (Å²) in [7, 11) is 0. The Bertz CT molecular complexity index is 1190. The number of fused-ring (bicyclic) bond motifs is 1. The molecule has 29 heavy (non-hydrogen) atoms. The van der Waals surface area contributed by atoms with Crippen LogP contribution in [0.1, 0.15) is 16.1 Å². The number of hydrogen-bond donors (Lipinski definition) is 1. The predicted molar refractivity (Wildman–Crippen MR) is 109 cm³/mol. The van der Waals surface area contributed by atoms with Gasteiger partial charge in [0.1, 0.15) is 0 Å². The lowest BCUT2D eigenvalue weighted by molar-refractivity contribution is 0.102. The Morgan fingerprint density at radius 3 is 2.76 bits per heavy atom. The molecule has 4 aromatic rings. The van der Waals surface area contributed by atoms with Gasteiger partial charge in [0.2, 0.25) is 5.78 Å². The maximum absolute atomic E-state index is 12.8. The Balaban J connectivity index is 1.63. The number of halogens is 2. The SMILES string of the molecule is Cc1c(-c2cccc(NC(=O)c3ccccc3SC(F)F)c2)nc2ncccn12. The average Bonchev–Trinajstić information content (AvgIpc) is 3.05. The van der Waals surface area contributed by atoms with Gasteiger partial charge in [0.25, 0.3) is 11.7 Å². The van der Waals surface area contributed by atoms with Crippen LogP contribution < -0.4 is 5.32 Å². The molecule has 2 aromatic heterocycles. The van der Waals surface area contributed by atoms with Crippen molar-refractivity contribution in [3.63, 3.8) is 0 Å². The first-order valence-corrected chi connectivity index (χ1v) is 9.66. The van der Waals surface area contributed by atoms with E-state index in [0.29, 0.717) is 23.2 Å². The third-order valence-electron chi connectivity index (χ3n) is 4.38. The van der Waals surface area contributed by atoms with Crippen molar-refractivity contribution in [2.24, 2.45) is 0 Å². The molecule has 2 aromatic carbocycles. The van der Waals surface area contributed by atoms with Gasteiger partial charge in [0.15, 0.2) is 0 Å². The molecule has 0 aliphatic heterocycles. The molecule has 146 valence electrons. The summed E-state index contributed by atoms with van der Waals surface area (Å²) in [6, 6.07) is 15.4. The molecule has 2 heterocycles. The number of thioether (sulfide) groups is 1. The van der Waals surface area contributed by atoms with Gasteiger partial charge in [0, 0.05) is 34.2 Å². The predicted octanol–water partition coefficient (Wildman–Crippen LogP) is 5.27. The Kier molecular flexibility index (Phi) is 5.26. The summed E-state index contributed by atoms with van der Waals surface area (Å²) in [4.78, 5) is 21.7. The first-order valence-electron chi connectivity index (χ1n) is 8.78. The molecule has 0 fully saturated rings. The van der Waals surface area contributed by atoms with Gasteiger partial charge < -0.3 is 5.32 Å². The summed E-state index contributed by atoms with van der Waals surface area (Å²) in [5.41, 5.74) is 3.26. The summed E-state index contributed by atoms with van der Waals surface area (Å²) in [6.45, 7) is 1.94. The minimum atomic E-state index is -2.60. The number of imidazole rings is 1. The fraction of sp³-hybridized carbons (Fsp3) is 0.0952. The van der Waals surface area contributed by atoms with Crippen molar-refractivity contribution in [1.29, 1.82) is 0 Å². The molecule has 0 saturated carbocycles. The third kappa shape index (κ3) is 3.97. The molecule has 0 unspecified atom stereocenters. The van der Waals surface area contributed by atoms with E-state index in [1.165, 1.54) is 12.1 Å². The molecule has 1 amide bonds. The highest BCUT2D eigenvalue weighted by Gasteiger charge is 2.16. The maximum Gasteiger partial charge on any atom is 0.288 e. The number of carbonyl (C=O) groups is 1. The fourth-order valence-electron chi connectivity index (χ4n) is 3.07. The molecule has 0 spiro atoms. The number of rotatable bonds is 5. The zero-order valence-corrected chi connectivity index (χ0v) is 16.2. The van der Waals surface area contributed by atoms with Crippen molar-refractivity contribution >= 4 is 29.1 Å². The van der Waals surface area contributed by atoms with E-state index < -0.39 is 11.7 Å². The van der Waals surface area contributed by atoms with E-state index >= 15 is 0 Å². The Hall–Kier alpha value is -3.26. The number of amides is 1. The zero-order chi connectivity index (χ0) is 20.4. The molecular weight excluding hydrogens is 394 g/mol. The quantitative estimate of drug-likeness (QED) is 0.455. The third-order valence-corrected chi connectivity index (χ3v) is 5.17. The normalized spacial score (nSPS) is 11.2. The smallest absolute Gasteiger partial charge is 0.288 e. The van der Waals surface area contributed by atoms with E-state index in [9.17, 15) is 13.6 Å². The van der Waals surface area contributed by atoms with E-state index in [4.69, 9.17) is 0 Å². The average molecular weight is 410 g/mol. The Morgan fingerprint density at radius 2 is 1.97 bits per heavy atom. The minimum absolute atomic E-state index is 0.205. The van der Waals surface area contributed by atoms with Gasteiger partial charge in [-0.05, 0) is 37.3 Å². The van der Waals surface area contributed by atoms with E-state index in [2.05, 4.69) is 15.3 Å². The number of aryl methyl sites for hydroxylation is 1. The second-order valence-electron chi connectivity index (χ2n) is 6.25. The summed E-state index contributed by atoms with van der Waals surface area (Å²) in [6.07, 6.45) is 3.56. The summed E-state index contributed by atoms with van der Waals surface area (Å²) in [5.74, 6) is -2.45. The molecule has 0 saturated heterocycles. The number of hydrogen-bond acceptors (Lipinski definition) is 4. The monoisotopic (exact) mass is 410 g/mol. The van der Waals surface area contributed by atoms with Crippen molar-refractivity contribution in [1.82, 2.24) is 14.4 Å². The fourth-order valence-corrected chi connectivity index (χ4v) is 3.71. The van der Waals surface area contributed by atoms with Gasteiger partial charge in [-0.3, -0.25) is 9.20 Å². The van der Waals surface area contributed by atoms with E-state index in [1.807, 2.05) is 35.7 Å². The Labute approximate surface area is 169 Å².